The normalized spacial score (nSPS) is 12.8. The van der Waals surface area contributed by atoms with Crippen LogP contribution in [0.2, 0.25) is 0 Å². The van der Waals surface area contributed by atoms with Gasteiger partial charge in [-0.2, -0.15) is 0 Å². The Morgan fingerprint density at radius 3 is 2.33 bits per heavy atom. The van der Waals surface area contributed by atoms with Crippen molar-refractivity contribution in [2.45, 2.75) is 0 Å². The van der Waals surface area contributed by atoms with E-state index in [1.807, 2.05) is 19.0 Å². The van der Waals surface area contributed by atoms with E-state index in [0.29, 0.717) is 12.1 Å². The molecule has 0 atom stereocenters. The maximum atomic E-state index is 13.0. The summed E-state index contributed by atoms with van der Waals surface area (Å²) in [5.74, 6) is -0.413. The molecule has 0 spiro atoms. The van der Waals surface area contributed by atoms with Crippen LogP contribution in [0.3, 0.4) is 0 Å². The van der Waals surface area contributed by atoms with E-state index in [-0.39, 0.29) is 5.03 Å². The minimum atomic E-state index is -0.413. The predicted octanol–water partition coefficient (Wildman–Crippen LogP) is 2.71. The lowest BCUT2D eigenvalue weighted by atomic mass is 10.2. The molecule has 0 aliphatic rings. The third kappa shape index (κ3) is 3.69. The fourth-order valence-corrected chi connectivity index (χ4v) is 0.880. The number of halogens is 2. The Hall–Kier alpha value is -0.600. The summed E-state index contributed by atoms with van der Waals surface area (Å²) in [5, 5.41) is 0.223. The molecule has 0 unspecified atom stereocenters. The first-order chi connectivity index (χ1) is 5.49. The van der Waals surface area contributed by atoms with Gasteiger partial charge in [-0.25, -0.2) is 4.39 Å². The van der Waals surface area contributed by atoms with E-state index in [1.165, 1.54) is 0 Å². The zero-order valence-corrected chi connectivity index (χ0v) is 8.16. The number of hydrogen-bond acceptors (Lipinski definition) is 1. The molecule has 0 heterocycles. The van der Waals surface area contributed by atoms with Gasteiger partial charge in [-0.1, -0.05) is 24.8 Å². The molecule has 0 amide bonds. The van der Waals surface area contributed by atoms with Crippen LogP contribution in [0.4, 0.5) is 4.39 Å². The number of allylic oxidation sites excluding steroid dienone is 2. The lowest BCUT2D eigenvalue weighted by Crippen LogP contribution is -2.15. The monoisotopic (exact) mass is 189 g/mol. The molecule has 0 rings (SSSR count). The highest BCUT2D eigenvalue weighted by Gasteiger charge is 2.07. The van der Waals surface area contributed by atoms with E-state index in [4.69, 9.17) is 11.6 Å². The molecule has 0 aromatic carbocycles. The number of rotatable bonds is 4. The maximum Gasteiger partial charge on any atom is 0.128 e. The second-order valence-corrected chi connectivity index (χ2v) is 3.13. The van der Waals surface area contributed by atoms with Crippen molar-refractivity contribution in [2.24, 2.45) is 0 Å². The third-order valence-corrected chi connectivity index (χ3v) is 1.50. The standard InChI is InChI=1S/C9H13ClFN/c1-5-9(11)8(7(2)10)6-12(3)4/h5H,1-2,6H2,3-4H3/b9-8+. The zero-order valence-electron chi connectivity index (χ0n) is 7.40. The van der Waals surface area contributed by atoms with Gasteiger partial charge in [0.2, 0.25) is 0 Å². The van der Waals surface area contributed by atoms with Gasteiger partial charge < -0.3 is 4.90 Å². The van der Waals surface area contributed by atoms with Gasteiger partial charge in [-0.3, -0.25) is 0 Å². The molecule has 1 nitrogen and oxygen atoms in total. The Bertz CT molecular complexity index is 219. The van der Waals surface area contributed by atoms with E-state index in [1.54, 1.807) is 0 Å². The highest BCUT2D eigenvalue weighted by molar-refractivity contribution is 6.31. The van der Waals surface area contributed by atoms with Gasteiger partial charge in [-0.15, -0.1) is 0 Å². The van der Waals surface area contributed by atoms with Gasteiger partial charge in [0.05, 0.1) is 0 Å². The first-order valence-corrected chi connectivity index (χ1v) is 3.87. The molecular weight excluding hydrogens is 177 g/mol. The van der Waals surface area contributed by atoms with Crippen LogP contribution < -0.4 is 0 Å². The minimum Gasteiger partial charge on any atom is -0.305 e. The van der Waals surface area contributed by atoms with Gasteiger partial charge in [0.1, 0.15) is 5.83 Å². The van der Waals surface area contributed by atoms with Crippen molar-refractivity contribution in [2.75, 3.05) is 20.6 Å². The topological polar surface area (TPSA) is 3.24 Å². The van der Waals surface area contributed by atoms with Crippen LogP contribution in [-0.4, -0.2) is 25.5 Å². The lowest BCUT2D eigenvalue weighted by molar-refractivity contribution is 0.442. The van der Waals surface area contributed by atoms with Gasteiger partial charge >= 0.3 is 0 Å². The summed E-state index contributed by atoms with van der Waals surface area (Å²) in [6, 6.07) is 0. The van der Waals surface area contributed by atoms with Crippen LogP contribution >= 0.6 is 11.6 Å². The van der Waals surface area contributed by atoms with Crippen LogP contribution in [0.15, 0.2) is 35.7 Å². The van der Waals surface area contributed by atoms with E-state index in [2.05, 4.69) is 13.2 Å². The fraction of sp³-hybridized carbons (Fsp3) is 0.333. The first kappa shape index (κ1) is 11.4. The molecule has 0 fully saturated rings. The van der Waals surface area contributed by atoms with Gasteiger partial charge in [0.15, 0.2) is 0 Å². The largest absolute Gasteiger partial charge is 0.305 e. The van der Waals surface area contributed by atoms with Crippen molar-refractivity contribution in [1.82, 2.24) is 4.90 Å². The van der Waals surface area contributed by atoms with E-state index < -0.39 is 5.83 Å². The summed E-state index contributed by atoms with van der Waals surface area (Å²) in [7, 11) is 3.66. The smallest absolute Gasteiger partial charge is 0.128 e. The maximum absolute atomic E-state index is 13.0. The second kappa shape index (κ2) is 5.12. The molecule has 0 saturated heterocycles. The summed E-state index contributed by atoms with van der Waals surface area (Å²) in [5.41, 5.74) is 0.386. The third-order valence-electron chi connectivity index (χ3n) is 1.27. The molecule has 12 heavy (non-hydrogen) atoms. The van der Waals surface area contributed by atoms with Crippen molar-refractivity contribution in [3.8, 4) is 0 Å². The molecule has 0 saturated carbocycles. The summed E-state index contributed by atoms with van der Waals surface area (Å²) in [4.78, 5) is 1.81. The molecule has 0 aromatic heterocycles. The van der Waals surface area contributed by atoms with Gasteiger partial charge in [-0.05, 0) is 20.2 Å². The average molecular weight is 190 g/mol. The molecule has 0 N–H and O–H groups in total. The van der Waals surface area contributed by atoms with E-state index in [0.717, 1.165) is 6.08 Å². The molecular formula is C9H13ClFN. The molecule has 0 aliphatic heterocycles. The number of nitrogens with zero attached hydrogens (tertiary/aromatic N) is 1. The fourth-order valence-electron chi connectivity index (χ4n) is 0.730. The van der Waals surface area contributed by atoms with E-state index >= 15 is 0 Å². The summed E-state index contributed by atoms with van der Waals surface area (Å²) >= 11 is 5.59. The minimum absolute atomic E-state index is 0.223. The van der Waals surface area contributed by atoms with Crippen LogP contribution in [0.1, 0.15) is 0 Å². The van der Waals surface area contributed by atoms with Crippen LogP contribution in [0.5, 0.6) is 0 Å². The second-order valence-electron chi connectivity index (χ2n) is 2.67. The molecule has 68 valence electrons. The van der Waals surface area contributed by atoms with Crippen molar-refractivity contribution in [3.63, 3.8) is 0 Å². The molecule has 0 aromatic rings. The zero-order chi connectivity index (χ0) is 9.72. The predicted molar refractivity (Wildman–Crippen MR) is 51.9 cm³/mol. The summed E-state index contributed by atoms with van der Waals surface area (Å²) in [6.45, 7) is 7.22. The number of hydrogen-bond donors (Lipinski definition) is 0. The van der Waals surface area contributed by atoms with Crippen molar-refractivity contribution < 1.29 is 4.39 Å². The van der Waals surface area contributed by atoms with Gasteiger partial charge in [0.25, 0.3) is 0 Å². The van der Waals surface area contributed by atoms with Gasteiger partial charge in [0, 0.05) is 17.2 Å². The average Bonchev–Trinajstić information content (AvgIpc) is 1.98. The van der Waals surface area contributed by atoms with Crippen molar-refractivity contribution in [3.05, 3.63) is 35.7 Å². The first-order valence-electron chi connectivity index (χ1n) is 3.49. The highest BCUT2D eigenvalue weighted by atomic mass is 35.5. The molecule has 0 bridgehead atoms. The Kier molecular flexibility index (Phi) is 4.86. The molecule has 3 heteroatoms. The van der Waals surface area contributed by atoms with Crippen LogP contribution in [-0.2, 0) is 0 Å². The molecule has 0 aliphatic carbocycles. The van der Waals surface area contributed by atoms with Crippen LogP contribution in [0, 0.1) is 0 Å². The number of likely N-dealkylation sites (N-methyl/N-ethyl adjacent to an activating group) is 1. The Balaban J connectivity index is 4.66. The quantitative estimate of drug-likeness (QED) is 0.615. The highest BCUT2D eigenvalue weighted by Crippen LogP contribution is 2.19. The summed E-state index contributed by atoms with van der Waals surface area (Å²) in [6.07, 6.45) is 1.13. The summed E-state index contributed by atoms with van der Waals surface area (Å²) < 4.78 is 13.0. The van der Waals surface area contributed by atoms with Crippen molar-refractivity contribution >= 4 is 11.6 Å². The van der Waals surface area contributed by atoms with E-state index in [9.17, 15) is 4.39 Å². The Morgan fingerprint density at radius 2 is 2.08 bits per heavy atom. The molecule has 0 radical (unpaired) electrons. The Labute approximate surface area is 77.8 Å². The Morgan fingerprint density at radius 1 is 1.58 bits per heavy atom. The lowest BCUT2D eigenvalue weighted by Gasteiger charge is -2.12. The SMILES string of the molecule is C=C/C(F)=C(/CN(C)C)C(=C)Cl. The van der Waals surface area contributed by atoms with Crippen molar-refractivity contribution in [1.29, 1.82) is 0 Å². The van der Waals surface area contributed by atoms with Crippen LogP contribution in [0.25, 0.3) is 0 Å².